The zero-order chi connectivity index (χ0) is 17.8. The molecule has 0 saturated heterocycles. The molecule has 3 rings (SSSR count). The van der Waals surface area contributed by atoms with Crippen molar-refractivity contribution in [3.8, 4) is 5.69 Å². The van der Waals surface area contributed by atoms with Crippen molar-refractivity contribution in [1.29, 1.82) is 0 Å². The van der Waals surface area contributed by atoms with E-state index in [2.05, 4.69) is 10.3 Å². The largest absolute Gasteiger partial charge is 0.480 e. The Bertz CT molecular complexity index is 738. The van der Waals surface area contributed by atoms with Crippen molar-refractivity contribution >= 4 is 11.9 Å². The fourth-order valence-corrected chi connectivity index (χ4v) is 3.19. The third-order valence-electron chi connectivity index (χ3n) is 4.61. The number of likely N-dealkylation sites (N-methyl/N-ethyl adjacent to an activating group) is 1. The minimum absolute atomic E-state index is 0.0443. The van der Waals surface area contributed by atoms with Crippen LogP contribution in [0, 0.1) is 0 Å². The number of aromatic nitrogens is 2. The van der Waals surface area contributed by atoms with Crippen molar-refractivity contribution in [2.75, 3.05) is 13.1 Å². The van der Waals surface area contributed by atoms with Crippen LogP contribution in [0.4, 0.5) is 0 Å². The Balaban J connectivity index is 1.58. The maximum atomic E-state index is 12.5. The van der Waals surface area contributed by atoms with Crippen LogP contribution in [0.5, 0.6) is 0 Å². The smallest absolute Gasteiger partial charge is 0.317 e. The van der Waals surface area contributed by atoms with E-state index >= 15 is 0 Å². The number of benzene rings is 1. The van der Waals surface area contributed by atoms with Crippen molar-refractivity contribution in [2.45, 2.75) is 31.8 Å². The van der Waals surface area contributed by atoms with Crippen LogP contribution in [0.2, 0.25) is 0 Å². The zero-order valence-electron chi connectivity index (χ0n) is 14.1. The first-order valence-electron chi connectivity index (χ1n) is 8.43. The van der Waals surface area contributed by atoms with E-state index in [4.69, 9.17) is 5.11 Å². The number of para-hydroxylation sites is 1. The van der Waals surface area contributed by atoms with E-state index in [1.807, 2.05) is 42.2 Å². The Labute approximate surface area is 146 Å². The van der Waals surface area contributed by atoms with Crippen molar-refractivity contribution in [1.82, 2.24) is 19.8 Å². The molecular weight excluding hydrogens is 320 g/mol. The maximum absolute atomic E-state index is 12.5. The van der Waals surface area contributed by atoms with E-state index in [1.54, 1.807) is 17.1 Å². The maximum Gasteiger partial charge on any atom is 0.317 e. The first-order chi connectivity index (χ1) is 12.1. The molecule has 7 heteroatoms. The molecule has 1 aliphatic rings. The number of nitrogens with zero attached hydrogens (tertiary/aromatic N) is 3. The number of carboxylic acids is 1. The highest BCUT2D eigenvalue weighted by atomic mass is 16.4. The lowest BCUT2D eigenvalue weighted by molar-refractivity contribution is -0.139. The molecule has 1 fully saturated rings. The number of carbonyl (C=O) groups excluding carboxylic acids is 1. The van der Waals surface area contributed by atoms with E-state index in [0.29, 0.717) is 12.2 Å². The van der Waals surface area contributed by atoms with Gasteiger partial charge in [-0.2, -0.15) is 0 Å². The van der Waals surface area contributed by atoms with Gasteiger partial charge in [-0.3, -0.25) is 19.1 Å². The molecule has 1 saturated carbocycles. The number of aliphatic carboxylic acids is 1. The summed E-state index contributed by atoms with van der Waals surface area (Å²) in [6, 6.07) is 9.87. The van der Waals surface area contributed by atoms with Crippen molar-refractivity contribution in [2.24, 2.45) is 0 Å². The highest BCUT2D eigenvalue weighted by Crippen LogP contribution is 2.26. The summed E-state index contributed by atoms with van der Waals surface area (Å²) in [5, 5.41) is 12.0. The van der Waals surface area contributed by atoms with E-state index < -0.39 is 5.97 Å². The van der Waals surface area contributed by atoms with Crippen LogP contribution in [0.15, 0.2) is 42.9 Å². The van der Waals surface area contributed by atoms with Crippen LogP contribution in [0.25, 0.3) is 5.69 Å². The first kappa shape index (κ1) is 17.2. The monoisotopic (exact) mass is 342 g/mol. The van der Waals surface area contributed by atoms with E-state index in [0.717, 1.165) is 18.5 Å². The fraction of sp³-hybridized carbons (Fsp3) is 0.389. The van der Waals surface area contributed by atoms with E-state index in [-0.39, 0.29) is 24.5 Å². The van der Waals surface area contributed by atoms with Gasteiger partial charge in [0.25, 0.3) is 5.91 Å². The third kappa shape index (κ3) is 3.88. The second-order valence-corrected chi connectivity index (χ2v) is 6.24. The van der Waals surface area contributed by atoms with Crippen LogP contribution < -0.4 is 5.32 Å². The lowest BCUT2D eigenvalue weighted by atomic mass is 9.85. The molecule has 0 bridgehead atoms. The summed E-state index contributed by atoms with van der Waals surface area (Å²) in [5.41, 5.74) is 1.38. The number of amides is 1. The van der Waals surface area contributed by atoms with Gasteiger partial charge < -0.3 is 10.4 Å². The number of nitrogens with one attached hydrogen (secondary N) is 1. The Morgan fingerprint density at radius 3 is 2.68 bits per heavy atom. The highest BCUT2D eigenvalue weighted by molar-refractivity contribution is 5.93. The molecule has 1 aliphatic carbocycles. The Hall–Kier alpha value is -2.67. The van der Waals surface area contributed by atoms with Crippen LogP contribution in [-0.2, 0) is 4.79 Å². The normalized spacial score (nSPS) is 19.4. The van der Waals surface area contributed by atoms with Gasteiger partial charge in [0.15, 0.2) is 0 Å². The SMILES string of the molecule is CCN(CC(=O)O)C1CC(NC(=O)c2cncn2-c2ccccc2)C1. The van der Waals surface area contributed by atoms with Gasteiger partial charge in [0.05, 0.1) is 19.1 Å². The number of hydrogen-bond donors (Lipinski definition) is 2. The second-order valence-electron chi connectivity index (χ2n) is 6.24. The number of rotatable bonds is 7. The van der Waals surface area contributed by atoms with Gasteiger partial charge in [0.2, 0.25) is 0 Å². The molecule has 1 heterocycles. The zero-order valence-corrected chi connectivity index (χ0v) is 14.1. The molecule has 132 valence electrons. The molecule has 25 heavy (non-hydrogen) atoms. The molecule has 1 aromatic heterocycles. The first-order valence-corrected chi connectivity index (χ1v) is 8.43. The molecule has 0 aliphatic heterocycles. The number of hydrogen-bond acceptors (Lipinski definition) is 4. The lowest BCUT2D eigenvalue weighted by Crippen LogP contribution is -2.54. The molecular formula is C18H22N4O3. The van der Waals surface area contributed by atoms with Crippen LogP contribution in [0.1, 0.15) is 30.3 Å². The predicted octanol–water partition coefficient (Wildman–Crippen LogP) is 1.54. The number of imidazole rings is 1. The molecule has 7 nitrogen and oxygen atoms in total. The number of carboxylic acid groups (broad SMARTS) is 1. The van der Waals surface area contributed by atoms with Crippen molar-refractivity contribution in [3.05, 3.63) is 48.5 Å². The average Bonchev–Trinajstić information content (AvgIpc) is 3.06. The van der Waals surface area contributed by atoms with Gasteiger partial charge in [-0.15, -0.1) is 0 Å². The van der Waals surface area contributed by atoms with Gasteiger partial charge in [-0.05, 0) is 31.5 Å². The second kappa shape index (κ2) is 7.48. The molecule has 2 N–H and O–H groups in total. The van der Waals surface area contributed by atoms with Gasteiger partial charge in [-0.25, -0.2) is 4.98 Å². The molecule has 1 amide bonds. The lowest BCUT2D eigenvalue weighted by Gasteiger charge is -2.42. The van der Waals surface area contributed by atoms with Crippen LogP contribution in [-0.4, -0.2) is 56.6 Å². The molecule has 0 unspecified atom stereocenters. The fourth-order valence-electron chi connectivity index (χ4n) is 3.19. The predicted molar refractivity (Wildman–Crippen MR) is 92.7 cm³/mol. The summed E-state index contributed by atoms with van der Waals surface area (Å²) < 4.78 is 1.76. The molecule has 1 aromatic carbocycles. The van der Waals surface area contributed by atoms with Crippen LogP contribution >= 0.6 is 0 Å². The van der Waals surface area contributed by atoms with Crippen molar-refractivity contribution < 1.29 is 14.7 Å². The Kier molecular flexibility index (Phi) is 5.14. The number of carbonyl (C=O) groups is 2. The van der Waals surface area contributed by atoms with Crippen LogP contribution in [0.3, 0.4) is 0 Å². The summed E-state index contributed by atoms with van der Waals surface area (Å²) in [6.07, 6.45) is 4.72. The van der Waals surface area contributed by atoms with Gasteiger partial charge in [0.1, 0.15) is 5.69 Å². The average molecular weight is 342 g/mol. The Morgan fingerprint density at radius 1 is 1.32 bits per heavy atom. The molecule has 0 radical (unpaired) electrons. The van der Waals surface area contributed by atoms with Gasteiger partial charge >= 0.3 is 5.97 Å². The Morgan fingerprint density at radius 2 is 2.04 bits per heavy atom. The summed E-state index contributed by atoms with van der Waals surface area (Å²) >= 11 is 0. The molecule has 0 atom stereocenters. The molecule has 0 spiro atoms. The molecule has 2 aromatic rings. The van der Waals surface area contributed by atoms with E-state index in [9.17, 15) is 9.59 Å². The third-order valence-corrected chi connectivity index (χ3v) is 4.61. The quantitative estimate of drug-likeness (QED) is 0.797. The summed E-state index contributed by atoms with van der Waals surface area (Å²) in [7, 11) is 0. The summed E-state index contributed by atoms with van der Waals surface area (Å²) in [6.45, 7) is 2.69. The minimum atomic E-state index is -0.818. The summed E-state index contributed by atoms with van der Waals surface area (Å²) in [4.78, 5) is 29.4. The van der Waals surface area contributed by atoms with E-state index in [1.165, 1.54) is 0 Å². The standard InChI is InChI=1S/C18H22N4O3/c1-2-21(11-17(23)24)15-8-13(9-15)20-18(25)16-10-19-12-22(16)14-6-4-3-5-7-14/h3-7,10,12-13,15H,2,8-9,11H2,1H3,(H,20,25)(H,23,24). The van der Waals surface area contributed by atoms with Gasteiger partial charge in [-0.1, -0.05) is 25.1 Å². The highest BCUT2D eigenvalue weighted by Gasteiger charge is 2.35. The topological polar surface area (TPSA) is 87.5 Å². The minimum Gasteiger partial charge on any atom is -0.480 e. The van der Waals surface area contributed by atoms with Gasteiger partial charge in [0, 0.05) is 17.8 Å². The summed E-state index contributed by atoms with van der Waals surface area (Å²) in [5.74, 6) is -0.979. The van der Waals surface area contributed by atoms with Crippen molar-refractivity contribution in [3.63, 3.8) is 0 Å².